The van der Waals surface area contributed by atoms with Gasteiger partial charge in [0.1, 0.15) is 5.82 Å². The zero-order valence-electron chi connectivity index (χ0n) is 14.7. The maximum Gasteiger partial charge on any atom is 0.258 e. The molecule has 2 heterocycles. The number of aryl methyl sites for hydroxylation is 2. The predicted molar refractivity (Wildman–Crippen MR) is 105 cm³/mol. The summed E-state index contributed by atoms with van der Waals surface area (Å²) in [4.78, 5) is 19.0. The van der Waals surface area contributed by atoms with Crippen LogP contribution in [0.4, 0.5) is 10.1 Å². The van der Waals surface area contributed by atoms with Crippen LogP contribution in [0.3, 0.4) is 0 Å². The third-order valence-electron chi connectivity index (χ3n) is 4.86. The van der Waals surface area contributed by atoms with Crippen LogP contribution in [0.5, 0.6) is 0 Å². The van der Waals surface area contributed by atoms with E-state index in [1.807, 2.05) is 18.3 Å². The molecular weight excluding hydrogens is 363 g/mol. The highest BCUT2D eigenvalue weighted by Gasteiger charge is 2.25. The summed E-state index contributed by atoms with van der Waals surface area (Å²) in [6, 6.07) is 13.9. The molecule has 136 valence electrons. The predicted octanol–water partition coefficient (Wildman–Crippen LogP) is 4.86. The van der Waals surface area contributed by atoms with Gasteiger partial charge in [-0.1, -0.05) is 23.7 Å². The lowest BCUT2D eigenvalue weighted by Gasteiger charge is -2.28. The van der Waals surface area contributed by atoms with Crippen molar-refractivity contribution in [2.24, 2.45) is 0 Å². The van der Waals surface area contributed by atoms with Crippen LogP contribution in [-0.2, 0) is 19.3 Å². The van der Waals surface area contributed by atoms with E-state index in [9.17, 15) is 9.18 Å². The normalized spacial score (nSPS) is 13.6. The van der Waals surface area contributed by atoms with Gasteiger partial charge in [-0.25, -0.2) is 4.39 Å². The summed E-state index contributed by atoms with van der Waals surface area (Å²) in [6.45, 7) is 0.606. The second kappa shape index (κ2) is 7.49. The van der Waals surface area contributed by atoms with Gasteiger partial charge in [0.15, 0.2) is 0 Å². The minimum atomic E-state index is -0.229. The van der Waals surface area contributed by atoms with E-state index >= 15 is 0 Å². The summed E-state index contributed by atoms with van der Waals surface area (Å²) in [5.74, 6) is -0.252. The van der Waals surface area contributed by atoms with Gasteiger partial charge >= 0.3 is 0 Å². The Balaban J connectivity index is 1.51. The van der Waals surface area contributed by atoms with Crippen LogP contribution in [0, 0.1) is 5.82 Å². The van der Waals surface area contributed by atoms with Crippen LogP contribution >= 0.6 is 11.6 Å². The maximum absolute atomic E-state index is 13.0. The molecule has 2 aromatic carbocycles. The number of anilines is 1. The van der Waals surface area contributed by atoms with Crippen molar-refractivity contribution in [3.05, 3.63) is 94.0 Å². The molecule has 3 nitrogen and oxygen atoms in total. The number of benzene rings is 2. The molecule has 0 N–H and O–H groups in total. The van der Waals surface area contributed by atoms with Gasteiger partial charge in [-0.05, 0) is 72.4 Å². The van der Waals surface area contributed by atoms with Crippen molar-refractivity contribution in [2.75, 3.05) is 11.4 Å². The smallest absolute Gasteiger partial charge is 0.258 e. The van der Waals surface area contributed by atoms with Gasteiger partial charge in [0.2, 0.25) is 0 Å². The zero-order valence-corrected chi connectivity index (χ0v) is 15.4. The van der Waals surface area contributed by atoms with Crippen molar-refractivity contribution in [1.29, 1.82) is 0 Å². The molecule has 0 aliphatic carbocycles. The summed E-state index contributed by atoms with van der Waals surface area (Å²) < 4.78 is 13.0. The standard InChI is InChI=1S/C22H18ClFN2O/c23-18-5-8-21-17(12-18)9-10-26(22(21)27)20-11-16(13-25-14-20)2-1-15-3-6-19(24)7-4-15/h3-8,11-14H,1-2,9-10H2. The number of hydrogen-bond acceptors (Lipinski definition) is 2. The minimum absolute atomic E-state index is 0.0228. The van der Waals surface area contributed by atoms with E-state index in [-0.39, 0.29) is 11.7 Å². The number of rotatable bonds is 4. The van der Waals surface area contributed by atoms with E-state index < -0.39 is 0 Å². The Labute approximate surface area is 162 Å². The number of nitrogens with zero attached hydrogens (tertiary/aromatic N) is 2. The molecule has 0 fully saturated rings. The number of amides is 1. The molecule has 1 aliphatic rings. The average Bonchev–Trinajstić information content (AvgIpc) is 2.68. The highest BCUT2D eigenvalue weighted by molar-refractivity contribution is 6.30. The molecule has 1 amide bonds. The SMILES string of the molecule is O=C1c2ccc(Cl)cc2CCN1c1cncc(CCc2ccc(F)cc2)c1. The first-order valence-corrected chi connectivity index (χ1v) is 9.26. The van der Waals surface area contributed by atoms with Crippen molar-refractivity contribution >= 4 is 23.2 Å². The average molecular weight is 381 g/mol. The van der Waals surface area contributed by atoms with E-state index in [1.165, 1.54) is 12.1 Å². The first-order chi connectivity index (χ1) is 13.1. The van der Waals surface area contributed by atoms with Crippen molar-refractivity contribution < 1.29 is 9.18 Å². The molecule has 0 atom stereocenters. The molecule has 5 heteroatoms. The third-order valence-corrected chi connectivity index (χ3v) is 5.09. The van der Waals surface area contributed by atoms with Crippen LogP contribution in [0.25, 0.3) is 0 Å². The topological polar surface area (TPSA) is 33.2 Å². The quantitative estimate of drug-likeness (QED) is 0.647. The van der Waals surface area contributed by atoms with Gasteiger partial charge in [-0.15, -0.1) is 0 Å². The summed E-state index contributed by atoms with van der Waals surface area (Å²) in [7, 11) is 0. The number of pyridine rings is 1. The fourth-order valence-corrected chi connectivity index (χ4v) is 3.60. The Morgan fingerprint density at radius 1 is 1.00 bits per heavy atom. The summed E-state index contributed by atoms with van der Waals surface area (Å²) in [5.41, 5.74) is 4.61. The van der Waals surface area contributed by atoms with Gasteiger partial charge in [0, 0.05) is 23.3 Å². The Bertz CT molecular complexity index is 988. The molecule has 0 bridgehead atoms. The lowest BCUT2D eigenvalue weighted by Crippen LogP contribution is -2.37. The first kappa shape index (κ1) is 17.7. The highest BCUT2D eigenvalue weighted by atomic mass is 35.5. The van der Waals surface area contributed by atoms with Gasteiger partial charge in [-0.3, -0.25) is 9.78 Å². The molecule has 0 spiro atoms. The molecule has 0 radical (unpaired) electrons. The van der Waals surface area contributed by atoms with Crippen LogP contribution < -0.4 is 4.90 Å². The van der Waals surface area contributed by atoms with Crippen molar-refractivity contribution in [3.63, 3.8) is 0 Å². The van der Waals surface area contributed by atoms with Crippen molar-refractivity contribution in [2.45, 2.75) is 19.3 Å². The molecule has 4 rings (SSSR count). The number of aromatic nitrogens is 1. The fraction of sp³-hybridized carbons (Fsp3) is 0.182. The highest BCUT2D eigenvalue weighted by Crippen LogP contribution is 2.27. The lowest BCUT2D eigenvalue weighted by atomic mass is 9.98. The second-order valence-electron chi connectivity index (χ2n) is 6.69. The van der Waals surface area contributed by atoms with E-state index in [2.05, 4.69) is 4.98 Å². The Kier molecular flexibility index (Phi) is 4.90. The third kappa shape index (κ3) is 3.86. The van der Waals surface area contributed by atoms with E-state index in [1.54, 1.807) is 35.4 Å². The molecule has 0 saturated carbocycles. The van der Waals surface area contributed by atoms with Crippen LogP contribution in [-0.4, -0.2) is 17.4 Å². The van der Waals surface area contributed by atoms with Crippen molar-refractivity contribution in [3.8, 4) is 0 Å². The lowest BCUT2D eigenvalue weighted by molar-refractivity contribution is 0.0980. The minimum Gasteiger partial charge on any atom is -0.306 e. The molecule has 3 aromatic rings. The maximum atomic E-state index is 13.0. The number of halogens is 2. The van der Waals surface area contributed by atoms with E-state index in [0.717, 1.165) is 41.6 Å². The monoisotopic (exact) mass is 380 g/mol. The summed E-state index contributed by atoms with van der Waals surface area (Å²) >= 11 is 6.04. The van der Waals surface area contributed by atoms with E-state index in [0.29, 0.717) is 17.1 Å². The number of carbonyl (C=O) groups excluding carboxylic acids is 1. The summed E-state index contributed by atoms with van der Waals surface area (Å²) in [5, 5.41) is 0.652. The molecule has 1 aliphatic heterocycles. The van der Waals surface area contributed by atoms with Gasteiger partial charge < -0.3 is 4.90 Å². The second-order valence-corrected chi connectivity index (χ2v) is 7.12. The molecule has 0 unspecified atom stereocenters. The largest absolute Gasteiger partial charge is 0.306 e. The van der Waals surface area contributed by atoms with Gasteiger partial charge in [0.05, 0.1) is 11.9 Å². The number of hydrogen-bond donors (Lipinski definition) is 0. The van der Waals surface area contributed by atoms with Gasteiger partial charge in [-0.2, -0.15) is 0 Å². The Hall–Kier alpha value is -2.72. The van der Waals surface area contributed by atoms with E-state index in [4.69, 9.17) is 11.6 Å². The molecular formula is C22H18ClFN2O. The van der Waals surface area contributed by atoms with Crippen LogP contribution in [0.1, 0.15) is 27.0 Å². The van der Waals surface area contributed by atoms with Crippen LogP contribution in [0.15, 0.2) is 60.9 Å². The zero-order chi connectivity index (χ0) is 18.8. The molecule has 1 aromatic heterocycles. The molecule has 27 heavy (non-hydrogen) atoms. The van der Waals surface area contributed by atoms with Crippen molar-refractivity contribution in [1.82, 2.24) is 4.98 Å². The number of carbonyl (C=O) groups is 1. The van der Waals surface area contributed by atoms with Gasteiger partial charge in [0.25, 0.3) is 5.91 Å². The Morgan fingerprint density at radius 3 is 2.59 bits per heavy atom. The molecule has 0 saturated heterocycles. The summed E-state index contributed by atoms with van der Waals surface area (Å²) in [6.07, 6.45) is 5.87. The first-order valence-electron chi connectivity index (χ1n) is 8.89. The van der Waals surface area contributed by atoms with Crippen LogP contribution in [0.2, 0.25) is 5.02 Å². The Morgan fingerprint density at radius 2 is 1.78 bits per heavy atom. The number of fused-ring (bicyclic) bond motifs is 1. The fourth-order valence-electron chi connectivity index (χ4n) is 3.40.